The van der Waals surface area contributed by atoms with Crippen molar-refractivity contribution in [2.75, 3.05) is 0 Å². The summed E-state index contributed by atoms with van der Waals surface area (Å²) in [5.41, 5.74) is 0.529. The molecule has 0 spiro atoms. The van der Waals surface area contributed by atoms with Crippen molar-refractivity contribution in [2.45, 2.75) is 143 Å². The summed E-state index contributed by atoms with van der Waals surface area (Å²) in [6.07, 6.45) is 28.4. The molecule has 0 rings (SSSR count). The van der Waals surface area contributed by atoms with Gasteiger partial charge in [0.2, 0.25) is 0 Å². The van der Waals surface area contributed by atoms with Gasteiger partial charge in [0.25, 0.3) is 0 Å². The van der Waals surface area contributed by atoms with E-state index in [-0.39, 0.29) is 0 Å². The number of hydrogen-bond donors (Lipinski definition) is 0. The van der Waals surface area contributed by atoms with Gasteiger partial charge in [-0.05, 0) is 18.3 Å². The summed E-state index contributed by atoms with van der Waals surface area (Å²) >= 11 is 0. The van der Waals surface area contributed by atoms with Crippen LogP contribution in [-0.4, -0.2) is 0 Å². The summed E-state index contributed by atoms with van der Waals surface area (Å²) in [6, 6.07) is 0. The molecule has 0 saturated heterocycles. The largest absolute Gasteiger partial charge is 0.0654 e. The maximum absolute atomic E-state index is 2.55. The molecule has 0 unspecified atom stereocenters. The second-order valence-electron chi connectivity index (χ2n) is 9.13. The van der Waals surface area contributed by atoms with Gasteiger partial charge < -0.3 is 0 Å². The summed E-state index contributed by atoms with van der Waals surface area (Å²) in [5, 5.41) is 0. The van der Waals surface area contributed by atoms with E-state index in [1.165, 1.54) is 116 Å². The summed E-state index contributed by atoms with van der Waals surface area (Å²) in [5.74, 6) is 0. The van der Waals surface area contributed by atoms with Gasteiger partial charge in [-0.15, -0.1) is 0 Å². The van der Waals surface area contributed by atoms with E-state index in [1.807, 2.05) is 0 Å². The average Bonchev–Trinajstić information content (AvgIpc) is 2.52. The monoisotopic (exact) mass is 337 g/mol. The molecular formula is C24H49. The highest BCUT2D eigenvalue weighted by molar-refractivity contribution is 4.65. The second-order valence-corrected chi connectivity index (χ2v) is 9.13. The number of unbranched alkanes of at least 4 members (excludes halogenated alkanes) is 17. The van der Waals surface area contributed by atoms with Crippen molar-refractivity contribution >= 4 is 0 Å². The highest BCUT2D eigenvalue weighted by Gasteiger charge is 2.08. The predicted octanol–water partition coefficient (Wildman–Crippen LogP) is 9.28. The quantitative estimate of drug-likeness (QED) is 0.218. The van der Waals surface area contributed by atoms with E-state index in [2.05, 4.69) is 34.1 Å². The fourth-order valence-corrected chi connectivity index (χ4v) is 3.39. The first kappa shape index (κ1) is 24.0. The van der Waals surface area contributed by atoms with Crippen LogP contribution < -0.4 is 0 Å². The molecule has 0 aromatic rings. The standard InChI is InChI=1S/C24H49/c1-5-6-7-8-9-10-11-12-13-14-15-16-17-18-19-20-21-22-23-24(2,3)4/h17H,5-16,18-23H2,1-4H3. The highest BCUT2D eigenvalue weighted by Crippen LogP contribution is 2.22. The van der Waals surface area contributed by atoms with Crippen LogP contribution in [0.25, 0.3) is 0 Å². The topological polar surface area (TPSA) is 0 Å². The van der Waals surface area contributed by atoms with Gasteiger partial charge in [-0.1, -0.05) is 137 Å². The van der Waals surface area contributed by atoms with Crippen molar-refractivity contribution in [3.8, 4) is 0 Å². The Labute approximate surface area is 155 Å². The molecule has 0 fully saturated rings. The van der Waals surface area contributed by atoms with Gasteiger partial charge >= 0.3 is 0 Å². The molecular weight excluding hydrogens is 288 g/mol. The van der Waals surface area contributed by atoms with Crippen LogP contribution in [-0.2, 0) is 0 Å². The van der Waals surface area contributed by atoms with Gasteiger partial charge in [0.05, 0.1) is 0 Å². The van der Waals surface area contributed by atoms with E-state index < -0.39 is 0 Å². The van der Waals surface area contributed by atoms with Gasteiger partial charge in [-0.2, -0.15) is 0 Å². The summed E-state index contributed by atoms with van der Waals surface area (Å²) < 4.78 is 0. The zero-order valence-corrected chi connectivity index (χ0v) is 17.8. The molecule has 0 aliphatic heterocycles. The lowest BCUT2D eigenvalue weighted by atomic mass is 9.89. The first-order chi connectivity index (χ1) is 11.6. The van der Waals surface area contributed by atoms with Crippen molar-refractivity contribution < 1.29 is 0 Å². The third-order valence-electron chi connectivity index (χ3n) is 5.10. The van der Waals surface area contributed by atoms with Crippen LogP contribution in [0, 0.1) is 11.8 Å². The Hall–Kier alpha value is 0. The first-order valence-corrected chi connectivity index (χ1v) is 11.4. The third kappa shape index (κ3) is 22.0. The molecule has 0 amide bonds. The van der Waals surface area contributed by atoms with Crippen LogP contribution in [0.3, 0.4) is 0 Å². The molecule has 0 aromatic carbocycles. The van der Waals surface area contributed by atoms with Crippen LogP contribution in [0.15, 0.2) is 0 Å². The van der Waals surface area contributed by atoms with Gasteiger partial charge in [0, 0.05) is 0 Å². The zero-order valence-electron chi connectivity index (χ0n) is 17.8. The second kappa shape index (κ2) is 17.8. The molecule has 0 aromatic heterocycles. The molecule has 0 heterocycles. The van der Waals surface area contributed by atoms with E-state index in [9.17, 15) is 0 Å². The maximum atomic E-state index is 2.55. The minimum absolute atomic E-state index is 0.529. The van der Waals surface area contributed by atoms with Gasteiger partial charge in [0.15, 0.2) is 0 Å². The van der Waals surface area contributed by atoms with Crippen molar-refractivity contribution in [3.05, 3.63) is 6.42 Å². The van der Waals surface area contributed by atoms with Crippen LogP contribution in [0.2, 0.25) is 0 Å². The molecule has 0 heteroatoms. The molecule has 0 bridgehead atoms. The lowest BCUT2D eigenvalue weighted by Gasteiger charge is -2.17. The summed E-state index contributed by atoms with van der Waals surface area (Å²) in [4.78, 5) is 0. The lowest BCUT2D eigenvalue weighted by Crippen LogP contribution is -2.03. The molecule has 24 heavy (non-hydrogen) atoms. The van der Waals surface area contributed by atoms with Crippen LogP contribution in [0.5, 0.6) is 0 Å². The van der Waals surface area contributed by atoms with Crippen molar-refractivity contribution in [3.63, 3.8) is 0 Å². The minimum atomic E-state index is 0.529. The first-order valence-electron chi connectivity index (χ1n) is 11.4. The predicted molar refractivity (Wildman–Crippen MR) is 113 cm³/mol. The molecule has 0 saturated carbocycles. The van der Waals surface area contributed by atoms with Crippen molar-refractivity contribution in [1.82, 2.24) is 0 Å². The molecule has 0 atom stereocenters. The fourth-order valence-electron chi connectivity index (χ4n) is 3.39. The summed E-state index contributed by atoms with van der Waals surface area (Å²) in [6.45, 7) is 9.36. The Kier molecular flexibility index (Phi) is 17.8. The molecule has 1 radical (unpaired) electrons. The van der Waals surface area contributed by atoms with Crippen molar-refractivity contribution in [2.24, 2.45) is 5.41 Å². The Balaban J connectivity index is 3.00. The lowest BCUT2D eigenvalue weighted by molar-refractivity contribution is 0.357. The van der Waals surface area contributed by atoms with Crippen LogP contribution in [0.1, 0.15) is 143 Å². The Morgan fingerprint density at radius 2 is 0.875 bits per heavy atom. The minimum Gasteiger partial charge on any atom is -0.0654 e. The molecule has 145 valence electrons. The molecule has 0 nitrogen and oxygen atoms in total. The Morgan fingerprint density at radius 1 is 0.500 bits per heavy atom. The fraction of sp³-hybridized carbons (Fsp3) is 0.958. The SMILES string of the molecule is CCCCCCCCCCCCC[CH]CCCCCCC(C)(C)C. The third-order valence-corrected chi connectivity index (χ3v) is 5.10. The summed E-state index contributed by atoms with van der Waals surface area (Å²) in [7, 11) is 0. The highest BCUT2D eigenvalue weighted by atomic mass is 14.1. The normalized spacial score (nSPS) is 12.0. The van der Waals surface area contributed by atoms with Gasteiger partial charge in [-0.3, -0.25) is 0 Å². The molecule has 0 aliphatic rings. The van der Waals surface area contributed by atoms with Crippen LogP contribution >= 0.6 is 0 Å². The smallest absolute Gasteiger partial charge is 0.0383 e. The Morgan fingerprint density at radius 3 is 1.29 bits per heavy atom. The van der Waals surface area contributed by atoms with E-state index in [0.29, 0.717) is 5.41 Å². The van der Waals surface area contributed by atoms with Gasteiger partial charge in [0.1, 0.15) is 0 Å². The van der Waals surface area contributed by atoms with E-state index in [4.69, 9.17) is 0 Å². The van der Waals surface area contributed by atoms with E-state index >= 15 is 0 Å². The molecule has 0 aliphatic carbocycles. The zero-order chi connectivity index (χ0) is 17.9. The maximum Gasteiger partial charge on any atom is -0.0383 e. The van der Waals surface area contributed by atoms with Gasteiger partial charge in [-0.25, -0.2) is 0 Å². The van der Waals surface area contributed by atoms with Crippen LogP contribution in [0.4, 0.5) is 0 Å². The number of hydrogen-bond acceptors (Lipinski definition) is 0. The van der Waals surface area contributed by atoms with E-state index in [1.54, 1.807) is 0 Å². The Bertz CT molecular complexity index is 223. The number of rotatable bonds is 18. The molecule has 0 N–H and O–H groups in total. The average molecular weight is 338 g/mol. The van der Waals surface area contributed by atoms with E-state index in [0.717, 1.165) is 0 Å². The van der Waals surface area contributed by atoms with Crippen molar-refractivity contribution in [1.29, 1.82) is 0 Å².